The summed E-state index contributed by atoms with van der Waals surface area (Å²) < 4.78 is 0. The molecule has 17 heavy (non-hydrogen) atoms. The van der Waals surface area contributed by atoms with Crippen molar-refractivity contribution < 1.29 is 4.79 Å². The molecule has 1 aliphatic rings. The van der Waals surface area contributed by atoms with Crippen LogP contribution in [0.1, 0.15) is 37.2 Å². The fourth-order valence-electron chi connectivity index (χ4n) is 2.16. The van der Waals surface area contributed by atoms with Crippen molar-refractivity contribution in [1.82, 2.24) is 15.6 Å². The zero-order valence-corrected chi connectivity index (χ0v) is 10.9. The lowest BCUT2D eigenvalue weighted by Gasteiger charge is -2.22. The summed E-state index contributed by atoms with van der Waals surface area (Å²) in [6.45, 7) is 4.07. The molecule has 0 bridgehead atoms. The molecule has 2 heterocycles. The smallest absolute Gasteiger partial charge is 0.220 e. The minimum Gasteiger partial charge on any atom is -0.347 e. The molecule has 1 fully saturated rings. The molecule has 0 radical (unpaired) electrons. The minimum absolute atomic E-state index is 0.0317. The third kappa shape index (κ3) is 3.78. The maximum atomic E-state index is 11.9. The molecule has 1 atom stereocenters. The van der Waals surface area contributed by atoms with Gasteiger partial charge in [-0.2, -0.15) is 0 Å². The van der Waals surface area contributed by atoms with E-state index in [1.54, 1.807) is 17.5 Å². The number of hydrogen-bond acceptors (Lipinski definition) is 4. The number of rotatable bonds is 4. The Balaban J connectivity index is 1.76. The first-order valence-electron chi connectivity index (χ1n) is 6.15. The van der Waals surface area contributed by atoms with E-state index >= 15 is 0 Å². The highest BCUT2D eigenvalue weighted by atomic mass is 32.1. The van der Waals surface area contributed by atoms with E-state index in [0.717, 1.165) is 30.9 Å². The molecular formula is C12H19N3OS. The van der Waals surface area contributed by atoms with Crippen LogP contribution in [0, 0.1) is 5.92 Å². The van der Waals surface area contributed by atoms with Crippen LogP contribution in [0.4, 0.5) is 0 Å². The molecule has 1 unspecified atom stereocenters. The maximum absolute atomic E-state index is 11.9. The van der Waals surface area contributed by atoms with Gasteiger partial charge in [0.25, 0.3) is 0 Å². The Morgan fingerprint density at radius 1 is 1.65 bits per heavy atom. The molecule has 1 aromatic heterocycles. The molecule has 0 saturated carbocycles. The number of amides is 1. The predicted octanol–water partition coefficient (Wildman–Crippen LogP) is 1.71. The van der Waals surface area contributed by atoms with Crippen LogP contribution in [0.5, 0.6) is 0 Å². The van der Waals surface area contributed by atoms with Crippen LogP contribution in [0.3, 0.4) is 0 Å². The highest BCUT2D eigenvalue weighted by Gasteiger charge is 2.18. The molecule has 0 aliphatic carbocycles. The Labute approximate surface area is 106 Å². The van der Waals surface area contributed by atoms with Crippen LogP contribution in [0.25, 0.3) is 0 Å². The van der Waals surface area contributed by atoms with Crippen LogP contribution in [-0.4, -0.2) is 24.0 Å². The van der Waals surface area contributed by atoms with Crippen molar-refractivity contribution >= 4 is 17.2 Å². The van der Waals surface area contributed by atoms with Crippen LogP contribution in [0.2, 0.25) is 0 Å². The molecule has 2 N–H and O–H groups in total. The largest absolute Gasteiger partial charge is 0.347 e. The van der Waals surface area contributed by atoms with Gasteiger partial charge < -0.3 is 10.6 Å². The monoisotopic (exact) mass is 253 g/mol. The Bertz CT molecular complexity index is 347. The van der Waals surface area contributed by atoms with Crippen molar-refractivity contribution in [2.75, 3.05) is 13.1 Å². The Morgan fingerprint density at radius 2 is 2.41 bits per heavy atom. The van der Waals surface area contributed by atoms with Crippen molar-refractivity contribution in [3.05, 3.63) is 16.6 Å². The molecule has 0 aromatic carbocycles. The Morgan fingerprint density at radius 3 is 3.06 bits per heavy atom. The Kier molecular flexibility index (Phi) is 4.50. The van der Waals surface area contributed by atoms with Crippen molar-refractivity contribution in [1.29, 1.82) is 0 Å². The topological polar surface area (TPSA) is 54.0 Å². The zero-order valence-electron chi connectivity index (χ0n) is 10.1. The number of piperidine rings is 1. The number of hydrogen-bond donors (Lipinski definition) is 2. The van der Waals surface area contributed by atoms with Gasteiger partial charge in [0.2, 0.25) is 5.91 Å². The van der Waals surface area contributed by atoms with Crippen molar-refractivity contribution in [2.24, 2.45) is 5.92 Å². The first kappa shape index (κ1) is 12.5. The van der Waals surface area contributed by atoms with Gasteiger partial charge in [-0.15, -0.1) is 11.3 Å². The second kappa shape index (κ2) is 6.12. The number of nitrogens with one attached hydrogen (secondary N) is 2. The van der Waals surface area contributed by atoms with E-state index in [0.29, 0.717) is 12.3 Å². The third-order valence-corrected chi connectivity index (χ3v) is 4.09. The quantitative estimate of drug-likeness (QED) is 0.859. The average molecular weight is 253 g/mol. The first-order chi connectivity index (χ1) is 8.25. The zero-order chi connectivity index (χ0) is 12.1. The normalized spacial score (nSPS) is 18.9. The van der Waals surface area contributed by atoms with Gasteiger partial charge >= 0.3 is 0 Å². The molecule has 94 valence electrons. The molecule has 1 aromatic rings. The van der Waals surface area contributed by atoms with Crippen LogP contribution < -0.4 is 10.6 Å². The second-order valence-corrected chi connectivity index (χ2v) is 5.48. The fourth-order valence-corrected chi connectivity index (χ4v) is 2.80. The minimum atomic E-state index is 0.0317. The van der Waals surface area contributed by atoms with Gasteiger partial charge in [0.1, 0.15) is 5.01 Å². The van der Waals surface area contributed by atoms with Gasteiger partial charge in [-0.3, -0.25) is 4.79 Å². The summed E-state index contributed by atoms with van der Waals surface area (Å²) in [5, 5.41) is 9.24. The lowest BCUT2D eigenvalue weighted by atomic mass is 9.94. The molecule has 0 spiro atoms. The van der Waals surface area contributed by atoms with Crippen molar-refractivity contribution in [2.45, 2.75) is 32.2 Å². The number of carbonyl (C=O) groups is 1. The van der Waals surface area contributed by atoms with Gasteiger partial charge in [0, 0.05) is 18.0 Å². The molecular weight excluding hydrogens is 234 g/mol. The summed E-state index contributed by atoms with van der Waals surface area (Å²) in [6, 6.07) is 0.0317. The predicted molar refractivity (Wildman–Crippen MR) is 68.9 cm³/mol. The number of nitrogens with zero attached hydrogens (tertiary/aromatic N) is 1. The fraction of sp³-hybridized carbons (Fsp3) is 0.667. The van der Waals surface area contributed by atoms with Crippen LogP contribution in [0.15, 0.2) is 11.6 Å². The summed E-state index contributed by atoms with van der Waals surface area (Å²) in [5.41, 5.74) is 0. The summed E-state index contributed by atoms with van der Waals surface area (Å²) in [5.74, 6) is 0.694. The van der Waals surface area contributed by atoms with Crippen LogP contribution >= 0.6 is 11.3 Å². The third-order valence-electron chi connectivity index (χ3n) is 3.13. The van der Waals surface area contributed by atoms with E-state index in [2.05, 4.69) is 15.6 Å². The molecule has 4 nitrogen and oxygen atoms in total. The van der Waals surface area contributed by atoms with Gasteiger partial charge in [-0.05, 0) is 38.8 Å². The summed E-state index contributed by atoms with van der Waals surface area (Å²) in [7, 11) is 0. The first-order valence-corrected chi connectivity index (χ1v) is 7.03. The SMILES string of the molecule is CC(NC(=O)CC1CCNCC1)c1nccs1. The van der Waals surface area contributed by atoms with Crippen molar-refractivity contribution in [3.63, 3.8) is 0 Å². The van der Waals surface area contributed by atoms with E-state index in [9.17, 15) is 4.79 Å². The lowest BCUT2D eigenvalue weighted by Crippen LogP contribution is -2.33. The summed E-state index contributed by atoms with van der Waals surface area (Å²) >= 11 is 1.58. The molecule has 1 aliphatic heterocycles. The van der Waals surface area contributed by atoms with E-state index in [4.69, 9.17) is 0 Å². The molecule has 2 rings (SSSR count). The number of aromatic nitrogens is 1. The number of carbonyl (C=O) groups excluding carboxylic acids is 1. The summed E-state index contributed by atoms with van der Waals surface area (Å²) in [4.78, 5) is 16.1. The maximum Gasteiger partial charge on any atom is 0.220 e. The van der Waals surface area contributed by atoms with E-state index < -0.39 is 0 Å². The lowest BCUT2D eigenvalue weighted by molar-refractivity contribution is -0.122. The number of thiazole rings is 1. The molecule has 1 amide bonds. The standard InChI is InChI=1S/C12H19N3OS/c1-9(12-14-6-7-17-12)15-11(16)8-10-2-4-13-5-3-10/h6-7,9-10,13H,2-5,8H2,1H3,(H,15,16). The highest BCUT2D eigenvalue weighted by Crippen LogP contribution is 2.18. The van der Waals surface area contributed by atoms with E-state index in [1.165, 1.54) is 0 Å². The van der Waals surface area contributed by atoms with E-state index in [-0.39, 0.29) is 11.9 Å². The average Bonchev–Trinajstić information content (AvgIpc) is 2.83. The molecule has 1 saturated heterocycles. The molecule has 5 heteroatoms. The second-order valence-electron chi connectivity index (χ2n) is 4.56. The summed E-state index contributed by atoms with van der Waals surface area (Å²) in [6.07, 6.45) is 4.64. The van der Waals surface area contributed by atoms with Gasteiger partial charge in [0.05, 0.1) is 6.04 Å². The van der Waals surface area contributed by atoms with Gasteiger partial charge in [0.15, 0.2) is 0 Å². The van der Waals surface area contributed by atoms with Gasteiger partial charge in [-0.25, -0.2) is 4.98 Å². The highest BCUT2D eigenvalue weighted by molar-refractivity contribution is 7.09. The van der Waals surface area contributed by atoms with Gasteiger partial charge in [-0.1, -0.05) is 0 Å². The van der Waals surface area contributed by atoms with E-state index in [1.807, 2.05) is 12.3 Å². The Hall–Kier alpha value is -0.940. The van der Waals surface area contributed by atoms with Crippen molar-refractivity contribution in [3.8, 4) is 0 Å². The van der Waals surface area contributed by atoms with Crippen LogP contribution in [-0.2, 0) is 4.79 Å².